The Labute approximate surface area is 120 Å². The molecular weight excluding hydrogens is 276 g/mol. The maximum Gasteiger partial charge on any atom is 0.354 e. The first kappa shape index (κ1) is 14.6. The monoisotopic (exact) mass is 290 g/mol. The van der Waals surface area contributed by atoms with Gasteiger partial charge in [0.25, 0.3) is 0 Å². The number of nitrogens with one attached hydrogen (secondary N) is 2. The van der Waals surface area contributed by atoms with E-state index in [2.05, 4.69) is 20.7 Å². The molecule has 2 rings (SSSR count). The summed E-state index contributed by atoms with van der Waals surface area (Å²) in [5, 5.41) is 23.8. The molecule has 0 aliphatic carbocycles. The van der Waals surface area contributed by atoms with Crippen molar-refractivity contribution in [2.24, 2.45) is 5.84 Å². The van der Waals surface area contributed by atoms with Crippen molar-refractivity contribution in [3.8, 4) is 0 Å². The van der Waals surface area contributed by atoms with Crippen LogP contribution >= 0.6 is 0 Å². The average molecular weight is 290 g/mol. The Balaban J connectivity index is 2.15. The van der Waals surface area contributed by atoms with E-state index in [1.165, 1.54) is 0 Å². The Morgan fingerprint density at radius 1 is 1.29 bits per heavy atom. The topological polar surface area (TPSA) is 139 Å². The van der Waals surface area contributed by atoms with Crippen LogP contribution in [0.25, 0.3) is 0 Å². The second-order valence-corrected chi connectivity index (χ2v) is 4.13. The first-order valence-corrected chi connectivity index (χ1v) is 6.06. The summed E-state index contributed by atoms with van der Waals surface area (Å²) in [6.07, 6.45) is 0.314. The molecule has 0 aliphatic rings. The Kier molecular flexibility index (Phi) is 4.59. The van der Waals surface area contributed by atoms with Gasteiger partial charge in [-0.25, -0.2) is 15.8 Å². The Morgan fingerprint density at radius 2 is 1.95 bits per heavy atom. The fourth-order valence-electron chi connectivity index (χ4n) is 1.77. The van der Waals surface area contributed by atoms with Crippen LogP contribution in [0.3, 0.4) is 0 Å². The second-order valence-electron chi connectivity index (χ2n) is 4.13. The maximum atomic E-state index is 11.0. The molecule has 1 aromatic heterocycles. The summed E-state index contributed by atoms with van der Waals surface area (Å²) in [5.74, 6) is 5.06. The highest BCUT2D eigenvalue weighted by Crippen LogP contribution is 2.28. The lowest BCUT2D eigenvalue weighted by Crippen LogP contribution is -2.16. The van der Waals surface area contributed by atoms with E-state index in [1.54, 1.807) is 24.3 Å². The third-order valence-corrected chi connectivity index (χ3v) is 2.79. The molecule has 9 heteroatoms. The van der Waals surface area contributed by atoms with E-state index in [0.717, 1.165) is 6.33 Å². The lowest BCUT2D eigenvalue weighted by Gasteiger charge is -2.13. The van der Waals surface area contributed by atoms with E-state index >= 15 is 0 Å². The largest absolute Gasteiger partial charge is 0.387 e. The van der Waals surface area contributed by atoms with Gasteiger partial charge in [-0.15, -0.1) is 0 Å². The van der Waals surface area contributed by atoms with E-state index in [1.807, 2.05) is 6.07 Å². The van der Waals surface area contributed by atoms with Gasteiger partial charge in [0.15, 0.2) is 0 Å². The average Bonchev–Trinajstić information content (AvgIpc) is 2.52. The van der Waals surface area contributed by atoms with Crippen molar-refractivity contribution in [3.05, 3.63) is 52.3 Å². The summed E-state index contributed by atoms with van der Waals surface area (Å²) in [6.45, 7) is 0.0614. The summed E-state index contributed by atoms with van der Waals surface area (Å²) in [7, 11) is 0. The highest BCUT2D eigenvalue weighted by Gasteiger charge is 2.22. The van der Waals surface area contributed by atoms with Gasteiger partial charge < -0.3 is 15.8 Å². The molecule has 0 saturated heterocycles. The lowest BCUT2D eigenvalue weighted by atomic mass is 10.1. The van der Waals surface area contributed by atoms with Crippen molar-refractivity contribution in [3.63, 3.8) is 0 Å². The van der Waals surface area contributed by atoms with Gasteiger partial charge >= 0.3 is 5.69 Å². The van der Waals surface area contributed by atoms with Crippen molar-refractivity contribution < 1.29 is 10.0 Å². The number of benzene rings is 1. The van der Waals surface area contributed by atoms with Crippen LogP contribution in [0.5, 0.6) is 0 Å². The zero-order valence-electron chi connectivity index (χ0n) is 10.9. The maximum absolute atomic E-state index is 11.0. The summed E-state index contributed by atoms with van der Waals surface area (Å²) in [6, 6.07) is 8.93. The van der Waals surface area contributed by atoms with Gasteiger partial charge in [0.05, 0.1) is 11.0 Å². The smallest absolute Gasteiger partial charge is 0.354 e. The molecule has 0 aliphatic heterocycles. The van der Waals surface area contributed by atoms with Crippen LogP contribution in [-0.2, 0) is 0 Å². The number of anilines is 2. The molecule has 1 heterocycles. The minimum atomic E-state index is -0.824. The number of hydrogen-bond donors (Lipinski definition) is 4. The van der Waals surface area contributed by atoms with Crippen LogP contribution < -0.4 is 16.6 Å². The van der Waals surface area contributed by atoms with Crippen molar-refractivity contribution >= 4 is 17.3 Å². The first-order valence-electron chi connectivity index (χ1n) is 6.06. The number of rotatable bonds is 6. The fourth-order valence-corrected chi connectivity index (χ4v) is 1.77. The molecule has 1 aromatic carbocycles. The summed E-state index contributed by atoms with van der Waals surface area (Å²) >= 11 is 0. The number of aliphatic hydroxyl groups is 1. The van der Waals surface area contributed by atoms with Gasteiger partial charge in [0.1, 0.15) is 6.33 Å². The van der Waals surface area contributed by atoms with E-state index in [4.69, 9.17) is 5.84 Å². The summed E-state index contributed by atoms with van der Waals surface area (Å²) in [5.41, 5.74) is 2.46. The van der Waals surface area contributed by atoms with Crippen LogP contribution in [0.4, 0.5) is 17.3 Å². The molecular formula is C12H14N6O3. The molecule has 0 radical (unpaired) electrons. The molecule has 5 N–H and O–H groups in total. The minimum absolute atomic E-state index is 0.0158. The van der Waals surface area contributed by atoms with Gasteiger partial charge in [-0.1, -0.05) is 30.3 Å². The summed E-state index contributed by atoms with van der Waals surface area (Å²) in [4.78, 5) is 17.9. The minimum Gasteiger partial charge on any atom is -0.387 e. The third-order valence-electron chi connectivity index (χ3n) is 2.79. The Hall–Kier alpha value is -2.78. The number of nitrogen functional groups attached to an aromatic ring is 1. The molecule has 0 fully saturated rings. The SMILES string of the molecule is NNc1ncnc(NCC(O)c2ccccc2)c1[N+](=O)[O-]. The molecule has 9 nitrogen and oxygen atoms in total. The van der Waals surface area contributed by atoms with E-state index < -0.39 is 11.0 Å². The lowest BCUT2D eigenvalue weighted by molar-refractivity contribution is -0.383. The second kappa shape index (κ2) is 6.59. The van der Waals surface area contributed by atoms with E-state index in [0.29, 0.717) is 5.56 Å². The van der Waals surface area contributed by atoms with Crippen LogP contribution in [0, 0.1) is 10.1 Å². The quantitative estimate of drug-likeness (QED) is 0.348. The predicted molar refractivity (Wildman–Crippen MR) is 76.4 cm³/mol. The van der Waals surface area contributed by atoms with Crippen LogP contribution in [0.2, 0.25) is 0 Å². The van der Waals surface area contributed by atoms with Gasteiger partial charge in [-0.3, -0.25) is 10.1 Å². The standard InChI is InChI=1S/C12H14N6O3/c13-17-12-10(18(20)21)11(15-7-16-12)14-6-9(19)8-4-2-1-3-5-8/h1-5,7,9,19H,6,13H2,(H2,14,15,16,17). The van der Waals surface area contributed by atoms with Gasteiger partial charge in [0, 0.05) is 6.54 Å². The van der Waals surface area contributed by atoms with Crippen molar-refractivity contribution in [2.45, 2.75) is 6.10 Å². The van der Waals surface area contributed by atoms with Gasteiger partial charge in [-0.2, -0.15) is 0 Å². The highest BCUT2D eigenvalue weighted by atomic mass is 16.6. The first-order chi connectivity index (χ1) is 10.1. The fraction of sp³-hybridized carbons (Fsp3) is 0.167. The van der Waals surface area contributed by atoms with E-state index in [-0.39, 0.29) is 23.9 Å². The van der Waals surface area contributed by atoms with Crippen molar-refractivity contribution in [2.75, 3.05) is 17.3 Å². The number of aromatic nitrogens is 2. The van der Waals surface area contributed by atoms with Crippen molar-refractivity contribution in [1.29, 1.82) is 0 Å². The number of aliphatic hydroxyl groups excluding tert-OH is 1. The van der Waals surface area contributed by atoms with Gasteiger partial charge in [-0.05, 0) is 5.56 Å². The molecule has 1 atom stereocenters. The van der Waals surface area contributed by atoms with E-state index in [9.17, 15) is 15.2 Å². The zero-order valence-corrected chi connectivity index (χ0v) is 10.9. The Morgan fingerprint density at radius 3 is 2.57 bits per heavy atom. The van der Waals surface area contributed by atoms with Crippen molar-refractivity contribution in [1.82, 2.24) is 9.97 Å². The normalized spacial score (nSPS) is 11.7. The Bertz CT molecular complexity index is 622. The van der Waals surface area contributed by atoms with Crippen LogP contribution in [-0.4, -0.2) is 26.5 Å². The molecule has 0 saturated carbocycles. The van der Waals surface area contributed by atoms with Crippen LogP contribution in [0.1, 0.15) is 11.7 Å². The molecule has 0 bridgehead atoms. The molecule has 0 amide bonds. The number of hydrazine groups is 1. The molecule has 2 aromatic rings. The molecule has 0 spiro atoms. The third kappa shape index (κ3) is 3.41. The molecule has 1 unspecified atom stereocenters. The molecule has 21 heavy (non-hydrogen) atoms. The number of hydrogen-bond acceptors (Lipinski definition) is 8. The number of nitrogens with zero attached hydrogens (tertiary/aromatic N) is 3. The van der Waals surface area contributed by atoms with Gasteiger partial charge in [0.2, 0.25) is 11.6 Å². The number of nitro groups is 1. The summed E-state index contributed by atoms with van der Waals surface area (Å²) < 4.78 is 0. The number of nitrogens with two attached hydrogens (primary N) is 1. The zero-order chi connectivity index (χ0) is 15.2. The molecule has 110 valence electrons. The predicted octanol–water partition coefficient (Wildman–Crippen LogP) is 0.816. The van der Waals surface area contributed by atoms with Crippen LogP contribution in [0.15, 0.2) is 36.7 Å². The highest BCUT2D eigenvalue weighted by molar-refractivity contribution is 5.68.